The van der Waals surface area contributed by atoms with Crippen LogP contribution in [0.15, 0.2) is 41.1 Å². The first-order valence-electron chi connectivity index (χ1n) is 5.37. The molecular weight excluding hydrogens is 345 g/mol. The molecule has 2 rings (SSSR count). The number of hydrogen-bond acceptors (Lipinski definition) is 3. The molecule has 0 bridgehead atoms. The Kier molecular flexibility index (Phi) is 4.42. The highest BCUT2D eigenvalue weighted by Crippen LogP contribution is 2.28. The molecule has 1 aromatic heterocycles. The van der Waals surface area contributed by atoms with Gasteiger partial charge in [-0.3, -0.25) is 0 Å². The molecule has 90 valence electrons. The topological polar surface area (TPSA) is 35.2 Å². The quantitative estimate of drug-likeness (QED) is 0.843. The van der Waals surface area contributed by atoms with E-state index in [-0.39, 0.29) is 12.1 Å². The van der Waals surface area contributed by atoms with E-state index in [1.165, 1.54) is 0 Å². The molecule has 0 radical (unpaired) electrons. The van der Waals surface area contributed by atoms with Crippen LogP contribution in [0.25, 0.3) is 0 Å². The van der Waals surface area contributed by atoms with Crippen molar-refractivity contribution in [1.29, 1.82) is 0 Å². The molecule has 2 nitrogen and oxygen atoms in total. The molecule has 0 spiro atoms. The Balaban J connectivity index is 2.23. The molecule has 0 aliphatic carbocycles. The number of hydrogen-bond donors (Lipinski definition) is 1. The Morgan fingerprint density at radius 2 is 2.06 bits per heavy atom. The Bertz CT molecular complexity index is 470. The molecule has 1 heterocycles. The van der Waals surface area contributed by atoms with Gasteiger partial charge < -0.3 is 10.5 Å². The average Bonchev–Trinajstić information content (AvgIpc) is 2.81. The lowest BCUT2D eigenvalue weighted by Gasteiger charge is -2.22. The first-order valence-corrected chi connectivity index (χ1v) is 7.39. The maximum atomic E-state index is 6.03. The fraction of sp³-hybridized carbons (Fsp3) is 0.231. The van der Waals surface area contributed by atoms with Gasteiger partial charge >= 0.3 is 0 Å². The highest BCUT2D eigenvalue weighted by Gasteiger charge is 2.19. The van der Waals surface area contributed by atoms with E-state index in [9.17, 15) is 0 Å². The molecule has 4 heteroatoms. The lowest BCUT2D eigenvalue weighted by Crippen LogP contribution is -2.28. The van der Waals surface area contributed by atoms with E-state index in [0.717, 1.165) is 14.9 Å². The number of para-hydroxylation sites is 1. The molecule has 2 N–H and O–H groups in total. The van der Waals surface area contributed by atoms with Crippen LogP contribution < -0.4 is 10.5 Å². The van der Waals surface area contributed by atoms with Gasteiger partial charge in [-0.1, -0.05) is 12.1 Å². The summed E-state index contributed by atoms with van der Waals surface area (Å²) in [7, 11) is 0. The Labute approximate surface area is 119 Å². The van der Waals surface area contributed by atoms with E-state index in [1.54, 1.807) is 11.3 Å². The predicted octanol–water partition coefficient (Wildman–Crippen LogP) is 3.82. The van der Waals surface area contributed by atoms with Crippen LogP contribution in [0.4, 0.5) is 0 Å². The SMILES string of the molecule is CC(N)C(Oc1ccccc1I)c1ccsc1. The second-order valence-electron chi connectivity index (χ2n) is 3.88. The van der Waals surface area contributed by atoms with Crippen LogP contribution in [0.3, 0.4) is 0 Å². The summed E-state index contributed by atoms with van der Waals surface area (Å²) in [4.78, 5) is 0. The second kappa shape index (κ2) is 5.84. The van der Waals surface area contributed by atoms with E-state index >= 15 is 0 Å². The van der Waals surface area contributed by atoms with Gasteiger partial charge in [0.05, 0.1) is 3.57 Å². The van der Waals surface area contributed by atoms with Gasteiger partial charge in [0.1, 0.15) is 11.9 Å². The van der Waals surface area contributed by atoms with Crippen LogP contribution in [-0.2, 0) is 0 Å². The monoisotopic (exact) mass is 359 g/mol. The number of nitrogens with two attached hydrogens (primary N) is 1. The lowest BCUT2D eigenvalue weighted by atomic mass is 10.1. The van der Waals surface area contributed by atoms with E-state index in [2.05, 4.69) is 34.0 Å². The summed E-state index contributed by atoms with van der Waals surface area (Å²) in [5, 5.41) is 4.13. The highest BCUT2D eigenvalue weighted by atomic mass is 127. The minimum absolute atomic E-state index is 0.0411. The molecule has 2 unspecified atom stereocenters. The molecule has 17 heavy (non-hydrogen) atoms. The zero-order valence-electron chi connectivity index (χ0n) is 9.47. The van der Waals surface area contributed by atoms with Gasteiger partial charge in [0.25, 0.3) is 0 Å². The summed E-state index contributed by atoms with van der Waals surface area (Å²) < 4.78 is 7.13. The van der Waals surface area contributed by atoms with Crippen LogP contribution in [0, 0.1) is 3.57 Å². The molecule has 0 aliphatic heterocycles. The van der Waals surface area contributed by atoms with Crippen LogP contribution >= 0.6 is 33.9 Å². The summed E-state index contributed by atoms with van der Waals surface area (Å²) in [5.74, 6) is 0.890. The van der Waals surface area contributed by atoms with Crippen molar-refractivity contribution in [3.05, 3.63) is 50.2 Å². The zero-order chi connectivity index (χ0) is 12.3. The number of ether oxygens (including phenoxy) is 1. The van der Waals surface area contributed by atoms with E-state index in [4.69, 9.17) is 10.5 Å². The largest absolute Gasteiger partial charge is 0.483 e. The number of rotatable bonds is 4. The van der Waals surface area contributed by atoms with Crippen molar-refractivity contribution in [2.45, 2.75) is 19.1 Å². The predicted molar refractivity (Wildman–Crippen MR) is 80.5 cm³/mol. The second-order valence-corrected chi connectivity index (χ2v) is 5.83. The summed E-state index contributed by atoms with van der Waals surface area (Å²) in [5.41, 5.74) is 7.15. The third-order valence-corrected chi connectivity index (χ3v) is 4.03. The molecule has 0 fully saturated rings. The van der Waals surface area contributed by atoms with Crippen molar-refractivity contribution in [2.75, 3.05) is 0 Å². The molecular formula is C13H14INOS. The van der Waals surface area contributed by atoms with E-state index in [0.29, 0.717) is 0 Å². The first kappa shape index (κ1) is 12.9. The summed E-state index contributed by atoms with van der Waals surface area (Å²) in [6.07, 6.45) is -0.0860. The fourth-order valence-electron chi connectivity index (χ4n) is 1.59. The van der Waals surface area contributed by atoms with Gasteiger partial charge in [0, 0.05) is 11.6 Å². The fourth-order valence-corrected chi connectivity index (χ4v) is 2.79. The summed E-state index contributed by atoms with van der Waals surface area (Å²) in [6, 6.07) is 10.0. The van der Waals surface area contributed by atoms with Crippen molar-refractivity contribution < 1.29 is 4.74 Å². The number of halogens is 1. The smallest absolute Gasteiger partial charge is 0.139 e. The molecule has 0 amide bonds. The molecule has 0 saturated carbocycles. The highest BCUT2D eigenvalue weighted by molar-refractivity contribution is 14.1. The first-order chi connectivity index (χ1) is 8.18. The summed E-state index contributed by atoms with van der Waals surface area (Å²) in [6.45, 7) is 1.97. The van der Waals surface area contributed by atoms with Crippen LogP contribution in [0.2, 0.25) is 0 Å². The van der Waals surface area contributed by atoms with Crippen molar-refractivity contribution in [2.24, 2.45) is 5.73 Å². The van der Waals surface area contributed by atoms with Gasteiger partial charge in [-0.25, -0.2) is 0 Å². The molecule has 0 aliphatic rings. The van der Waals surface area contributed by atoms with Crippen molar-refractivity contribution in [3.8, 4) is 5.75 Å². The normalized spacial score (nSPS) is 14.3. The minimum Gasteiger partial charge on any atom is -0.483 e. The third-order valence-electron chi connectivity index (χ3n) is 2.44. The third kappa shape index (κ3) is 3.20. The molecule has 2 aromatic rings. The number of benzene rings is 1. The van der Waals surface area contributed by atoms with Crippen LogP contribution in [0.1, 0.15) is 18.6 Å². The van der Waals surface area contributed by atoms with Crippen molar-refractivity contribution in [1.82, 2.24) is 0 Å². The van der Waals surface area contributed by atoms with Gasteiger partial charge in [-0.05, 0) is 58.5 Å². The molecule has 2 atom stereocenters. The van der Waals surface area contributed by atoms with Gasteiger partial charge in [-0.2, -0.15) is 11.3 Å². The van der Waals surface area contributed by atoms with Gasteiger partial charge in [0.2, 0.25) is 0 Å². The van der Waals surface area contributed by atoms with Crippen molar-refractivity contribution >= 4 is 33.9 Å². The molecule has 0 saturated heterocycles. The van der Waals surface area contributed by atoms with Gasteiger partial charge in [-0.15, -0.1) is 0 Å². The van der Waals surface area contributed by atoms with Gasteiger partial charge in [0.15, 0.2) is 0 Å². The average molecular weight is 359 g/mol. The zero-order valence-corrected chi connectivity index (χ0v) is 12.4. The Morgan fingerprint density at radius 3 is 2.65 bits per heavy atom. The van der Waals surface area contributed by atoms with Crippen molar-refractivity contribution in [3.63, 3.8) is 0 Å². The maximum absolute atomic E-state index is 6.03. The Hall–Kier alpha value is -0.590. The Morgan fingerprint density at radius 1 is 1.29 bits per heavy atom. The van der Waals surface area contributed by atoms with Crippen LogP contribution in [-0.4, -0.2) is 6.04 Å². The molecule has 1 aromatic carbocycles. The van der Waals surface area contributed by atoms with E-state index in [1.807, 2.05) is 36.6 Å². The van der Waals surface area contributed by atoms with E-state index < -0.39 is 0 Å². The standard InChI is InChI=1S/C13H14INOS/c1-9(15)13(10-6-7-17-8-10)16-12-5-3-2-4-11(12)14/h2-9,13H,15H2,1H3. The maximum Gasteiger partial charge on any atom is 0.139 e. The minimum atomic E-state index is -0.0860. The summed E-state index contributed by atoms with van der Waals surface area (Å²) >= 11 is 3.93. The van der Waals surface area contributed by atoms with Crippen LogP contribution in [0.5, 0.6) is 5.75 Å². The number of thiophene rings is 1. The lowest BCUT2D eigenvalue weighted by molar-refractivity contribution is 0.179.